The summed E-state index contributed by atoms with van der Waals surface area (Å²) < 4.78 is 19.0. The van der Waals surface area contributed by atoms with E-state index in [0.717, 1.165) is 70.0 Å². The zero-order chi connectivity index (χ0) is 50.4. The van der Waals surface area contributed by atoms with Gasteiger partial charge < -0.3 is 52.3 Å². The van der Waals surface area contributed by atoms with Crippen molar-refractivity contribution in [2.24, 2.45) is 63.5 Å². The fourth-order valence-corrected chi connectivity index (χ4v) is 15.9. The fraction of sp³-hybridized carbons (Fsp3) is 0.887. The van der Waals surface area contributed by atoms with Crippen LogP contribution in [-0.2, 0) is 38.2 Å². The molecule has 0 aromatic heterocycles. The number of thioether (sulfide) groups is 1. The highest BCUT2D eigenvalue weighted by Gasteiger charge is 2.68. The number of carbonyl (C=O) groups is 6. The van der Waals surface area contributed by atoms with E-state index in [2.05, 4.69) is 43.6 Å². The van der Waals surface area contributed by atoms with Crippen LogP contribution >= 0.6 is 11.8 Å². The van der Waals surface area contributed by atoms with Crippen LogP contribution in [0.3, 0.4) is 0 Å². The summed E-state index contributed by atoms with van der Waals surface area (Å²) in [7, 11) is 0. The number of amides is 4. The van der Waals surface area contributed by atoms with E-state index < -0.39 is 5.41 Å². The molecular weight excluding hydrogens is 911 g/mol. The van der Waals surface area contributed by atoms with Crippen molar-refractivity contribution >= 4 is 47.5 Å². The standard InChI is InChI=1S/C53H91N7O9S/c1-5-6-7-8-9-12-28-60(29-27-57-44(61)14-11-10-13-42-50-40(33-70-42)58-51(66)59-50)45(62)18-15-34(2)37-16-17-38-49-39(32-43(53(37,38)4)69-48(65)22-26-56)52(3)23-19-36(67-46(63)20-24-54)30-35(52)31-41(49)68-47(64)21-25-55/h34-43,49-50H,5-33,54-56H2,1-4H3,(H,57,61)(H2,58,59,66)/t34-,35?,36-,37?,38?,39?,40?,41-,42-,43+,49?,50?,52+,53-/m1/s1. The maximum absolute atomic E-state index is 14.3. The van der Waals surface area contributed by atoms with Gasteiger partial charge in [-0.25, -0.2) is 4.79 Å². The van der Waals surface area contributed by atoms with Crippen LogP contribution in [0.2, 0.25) is 0 Å². The molecule has 2 saturated heterocycles. The summed E-state index contributed by atoms with van der Waals surface area (Å²) >= 11 is 1.89. The van der Waals surface area contributed by atoms with Gasteiger partial charge in [-0.15, -0.1) is 0 Å². The van der Waals surface area contributed by atoms with Crippen molar-refractivity contribution < 1.29 is 43.0 Å². The molecule has 0 bridgehead atoms. The van der Waals surface area contributed by atoms with Crippen molar-refractivity contribution in [1.29, 1.82) is 0 Å². The summed E-state index contributed by atoms with van der Waals surface area (Å²) in [5, 5.41) is 9.51. The molecule has 6 aliphatic rings. The van der Waals surface area contributed by atoms with Crippen molar-refractivity contribution in [1.82, 2.24) is 20.9 Å². The number of hydrogen-bond donors (Lipinski definition) is 6. The van der Waals surface area contributed by atoms with Gasteiger partial charge in [-0.2, -0.15) is 11.8 Å². The quantitative estimate of drug-likeness (QED) is 0.0225. The molecule has 70 heavy (non-hydrogen) atoms. The number of unbranched alkanes of at least 4 members (excludes halogenated alkanes) is 6. The largest absolute Gasteiger partial charge is 0.462 e. The number of nitrogens with zero attached hydrogens (tertiary/aromatic N) is 1. The smallest absolute Gasteiger partial charge is 0.315 e. The van der Waals surface area contributed by atoms with Crippen LogP contribution in [0, 0.1) is 46.3 Å². The Kier molecular flexibility index (Phi) is 21.4. The lowest BCUT2D eigenvalue weighted by Gasteiger charge is -2.64. The highest BCUT2D eigenvalue weighted by atomic mass is 32.2. The molecule has 0 aromatic carbocycles. The van der Waals surface area contributed by atoms with Gasteiger partial charge in [-0.05, 0) is 106 Å². The highest BCUT2D eigenvalue weighted by Crippen LogP contribution is 2.69. The van der Waals surface area contributed by atoms with Crippen molar-refractivity contribution in [2.45, 2.75) is 205 Å². The predicted molar refractivity (Wildman–Crippen MR) is 272 cm³/mol. The van der Waals surface area contributed by atoms with Gasteiger partial charge in [-0.1, -0.05) is 66.2 Å². The van der Waals surface area contributed by atoms with Gasteiger partial charge >= 0.3 is 23.9 Å². The molecule has 0 radical (unpaired) electrons. The number of esters is 3. The number of fused-ring (bicyclic) bond motifs is 6. The summed E-state index contributed by atoms with van der Waals surface area (Å²) in [6, 6.07) is 0.285. The van der Waals surface area contributed by atoms with E-state index in [1.165, 1.54) is 19.3 Å². The second kappa shape index (κ2) is 26.7. The fourth-order valence-electron chi connectivity index (χ4n) is 14.4. The second-order valence-electron chi connectivity index (χ2n) is 22.4. The average Bonchev–Trinajstić information content (AvgIpc) is 4.00. The van der Waals surface area contributed by atoms with Gasteiger partial charge in [0.1, 0.15) is 18.3 Å². The molecule has 17 heteroatoms. The maximum Gasteiger partial charge on any atom is 0.315 e. The lowest BCUT2D eigenvalue weighted by molar-refractivity contribution is -0.225. The van der Waals surface area contributed by atoms with Crippen LogP contribution in [0.15, 0.2) is 0 Å². The Bertz CT molecular complexity index is 1760. The molecule has 0 aromatic rings. The van der Waals surface area contributed by atoms with Crippen LogP contribution in [0.5, 0.6) is 0 Å². The Morgan fingerprint density at radius 3 is 2.21 bits per heavy atom. The van der Waals surface area contributed by atoms with Gasteiger partial charge in [-0.3, -0.25) is 24.0 Å². The Labute approximate surface area is 423 Å². The van der Waals surface area contributed by atoms with E-state index in [-0.39, 0.29) is 146 Å². The SMILES string of the molecule is CCCCCCCCN(CCNC(=O)CCCC[C@H]1SCC2NC(=O)NC21)C(=O)CC[C@@H](C)C1CCC2C3C(C[C@H](OC(=O)CCN)[C@@]21C)[C@@]1(C)CC[C@@H](OC(=O)CCN)CC1C[C@H]3OC(=O)CCN. The Hall–Kier alpha value is -3.15. The number of urea groups is 1. The van der Waals surface area contributed by atoms with Gasteiger partial charge in [0.05, 0.1) is 31.3 Å². The van der Waals surface area contributed by atoms with Gasteiger partial charge in [0.15, 0.2) is 0 Å². The van der Waals surface area contributed by atoms with Crippen LogP contribution < -0.4 is 33.2 Å². The molecule has 6 rings (SSSR count). The normalized spacial score (nSPS) is 33.4. The van der Waals surface area contributed by atoms with Crippen LogP contribution in [0.25, 0.3) is 0 Å². The topological polar surface area (TPSA) is 248 Å². The van der Waals surface area contributed by atoms with E-state index in [1.54, 1.807) is 0 Å². The molecule has 6 fully saturated rings. The summed E-state index contributed by atoms with van der Waals surface area (Å²) in [6.07, 6.45) is 15.8. The number of nitrogens with one attached hydrogen (secondary N) is 3. The van der Waals surface area contributed by atoms with Gasteiger partial charge in [0.2, 0.25) is 11.8 Å². The Morgan fingerprint density at radius 1 is 0.786 bits per heavy atom. The minimum absolute atomic E-state index is 0.00391. The first-order valence-corrected chi connectivity index (χ1v) is 28.6. The van der Waals surface area contributed by atoms with Crippen molar-refractivity contribution in [3.05, 3.63) is 0 Å². The summed E-state index contributed by atoms with van der Waals surface area (Å²) in [5.41, 5.74) is 16.8. The van der Waals surface area contributed by atoms with Crippen LogP contribution in [0.4, 0.5) is 4.79 Å². The van der Waals surface area contributed by atoms with Crippen molar-refractivity contribution in [2.75, 3.05) is 45.0 Å². The zero-order valence-electron chi connectivity index (χ0n) is 43.2. The second-order valence-corrected chi connectivity index (χ2v) is 23.7. The number of rotatable bonds is 28. The highest BCUT2D eigenvalue weighted by molar-refractivity contribution is 8.00. The van der Waals surface area contributed by atoms with Crippen LogP contribution in [-0.4, -0.2) is 121 Å². The zero-order valence-corrected chi connectivity index (χ0v) is 44.0. The first-order valence-electron chi connectivity index (χ1n) is 27.6. The predicted octanol–water partition coefficient (Wildman–Crippen LogP) is 6.09. The summed E-state index contributed by atoms with van der Waals surface area (Å²) in [6.45, 7) is 11.3. The summed E-state index contributed by atoms with van der Waals surface area (Å²) in [4.78, 5) is 80.4. The number of nitrogens with two attached hydrogens (primary N) is 3. The molecule has 398 valence electrons. The number of carbonyl (C=O) groups excluding carboxylic acids is 6. The van der Waals surface area contributed by atoms with Gasteiger partial charge in [0, 0.05) is 74.4 Å². The average molecular weight is 1000 g/mol. The molecule has 0 spiro atoms. The molecule has 9 N–H and O–H groups in total. The Balaban J connectivity index is 1.11. The molecule has 16 nitrogen and oxygen atoms in total. The minimum atomic E-state index is -0.435. The molecule has 2 heterocycles. The molecule has 14 atom stereocenters. The van der Waals surface area contributed by atoms with Gasteiger partial charge in [0.25, 0.3) is 0 Å². The lowest BCUT2D eigenvalue weighted by atomic mass is 9.43. The minimum Gasteiger partial charge on any atom is -0.462 e. The monoisotopic (exact) mass is 1000 g/mol. The molecule has 7 unspecified atom stereocenters. The van der Waals surface area contributed by atoms with E-state index in [1.807, 2.05) is 16.7 Å². The third-order valence-electron chi connectivity index (χ3n) is 18.1. The lowest BCUT2D eigenvalue weighted by Crippen LogP contribution is -2.63. The molecule has 4 amide bonds. The van der Waals surface area contributed by atoms with Crippen molar-refractivity contribution in [3.8, 4) is 0 Å². The number of ether oxygens (including phenoxy) is 3. The molecule has 2 aliphatic heterocycles. The summed E-state index contributed by atoms with van der Waals surface area (Å²) in [5.74, 6) is 0.823. The molecule has 4 aliphatic carbocycles. The first-order chi connectivity index (χ1) is 33.7. The van der Waals surface area contributed by atoms with E-state index in [4.69, 9.17) is 31.4 Å². The third-order valence-corrected chi connectivity index (χ3v) is 19.6. The molecular formula is C53H91N7O9S. The van der Waals surface area contributed by atoms with Crippen molar-refractivity contribution in [3.63, 3.8) is 0 Å². The van der Waals surface area contributed by atoms with E-state index in [0.29, 0.717) is 63.4 Å². The first kappa shape index (κ1) is 56.2. The molecule has 4 saturated carbocycles. The van der Waals surface area contributed by atoms with E-state index >= 15 is 0 Å². The Morgan fingerprint density at radius 2 is 1.49 bits per heavy atom. The van der Waals surface area contributed by atoms with Crippen LogP contribution in [0.1, 0.15) is 169 Å². The van der Waals surface area contributed by atoms with E-state index in [9.17, 15) is 28.8 Å². The maximum atomic E-state index is 14.3. The number of hydrogen-bond acceptors (Lipinski definition) is 13. The third kappa shape index (κ3) is 13.9.